The first-order valence-corrected chi connectivity index (χ1v) is 7.35. The van der Waals surface area contributed by atoms with E-state index >= 15 is 0 Å². The molecule has 0 aliphatic carbocycles. The van der Waals surface area contributed by atoms with Gasteiger partial charge in [0.05, 0.1) is 12.1 Å². The van der Waals surface area contributed by atoms with Gasteiger partial charge in [0, 0.05) is 12.7 Å². The van der Waals surface area contributed by atoms with E-state index in [1.165, 1.54) is 0 Å². The number of aliphatic hydroxyl groups excluding tert-OH is 1. The topological polar surface area (TPSA) is 65.5 Å². The summed E-state index contributed by atoms with van der Waals surface area (Å²) in [6, 6.07) is 14.0. The molecule has 22 heavy (non-hydrogen) atoms. The van der Waals surface area contributed by atoms with Crippen LogP contribution in [0.5, 0.6) is 0 Å². The van der Waals surface area contributed by atoms with Gasteiger partial charge >= 0.3 is 6.03 Å². The molecule has 0 radical (unpaired) electrons. The van der Waals surface area contributed by atoms with E-state index in [9.17, 15) is 9.90 Å². The van der Waals surface area contributed by atoms with Crippen LogP contribution in [0.15, 0.2) is 54.7 Å². The van der Waals surface area contributed by atoms with E-state index < -0.39 is 6.10 Å². The van der Waals surface area contributed by atoms with Gasteiger partial charge in [-0.2, -0.15) is 0 Å². The van der Waals surface area contributed by atoms with Crippen molar-refractivity contribution in [3.63, 3.8) is 0 Å². The predicted octanol–water partition coefficient (Wildman–Crippen LogP) is 3.06. The Labute approximate surface area is 130 Å². The van der Waals surface area contributed by atoms with Gasteiger partial charge in [-0.05, 0) is 31.5 Å². The standard InChI is InChI=1S/C17H21N3O2/c1-3-20(17(22)19-15-11-7-8-12-18-15)13(2)16(21)14-9-5-4-6-10-14/h4-13,16,21H,3H2,1-2H3,(H,18,19,22)/t13-,16-/m0/s1. The van der Waals surface area contributed by atoms with Gasteiger partial charge in [-0.25, -0.2) is 9.78 Å². The molecule has 1 aromatic heterocycles. The molecule has 1 aromatic carbocycles. The smallest absolute Gasteiger partial charge is 0.323 e. The Hall–Kier alpha value is -2.40. The van der Waals surface area contributed by atoms with Crippen molar-refractivity contribution in [2.24, 2.45) is 0 Å². The van der Waals surface area contributed by atoms with Crippen LogP contribution < -0.4 is 5.32 Å². The van der Waals surface area contributed by atoms with Crippen LogP contribution in [0.25, 0.3) is 0 Å². The first-order valence-electron chi connectivity index (χ1n) is 7.35. The second-order valence-electron chi connectivity index (χ2n) is 5.03. The molecule has 2 aromatic rings. The van der Waals surface area contributed by atoms with Gasteiger partial charge in [0.15, 0.2) is 0 Å². The Kier molecular flexibility index (Phi) is 5.49. The molecule has 116 valence electrons. The number of nitrogens with zero attached hydrogens (tertiary/aromatic N) is 2. The minimum absolute atomic E-state index is 0.274. The number of amides is 2. The van der Waals surface area contributed by atoms with Crippen LogP contribution in [0.2, 0.25) is 0 Å². The van der Waals surface area contributed by atoms with Gasteiger partial charge < -0.3 is 10.0 Å². The van der Waals surface area contributed by atoms with Crippen LogP contribution in [0, 0.1) is 0 Å². The Balaban J connectivity index is 2.08. The van der Waals surface area contributed by atoms with Crippen molar-refractivity contribution in [3.8, 4) is 0 Å². The highest BCUT2D eigenvalue weighted by atomic mass is 16.3. The lowest BCUT2D eigenvalue weighted by Gasteiger charge is -2.31. The van der Waals surface area contributed by atoms with Gasteiger partial charge in [-0.3, -0.25) is 5.32 Å². The zero-order valence-electron chi connectivity index (χ0n) is 12.8. The van der Waals surface area contributed by atoms with E-state index in [-0.39, 0.29) is 12.1 Å². The highest BCUT2D eigenvalue weighted by molar-refractivity contribution is 5.88. The second-order valence-corrected chi connectivity index (χ2v) is 5.03. The van der Waals surface area contributed by atoms with Gasteiger partial charge in [-0.1, -0.05) is 36.4 Å². The lowest BCUT2D eigenvalue weighted by molar-refractivity contribution is 0.0804. The fraction of sp³-hybridized carbons (Fsp3) is 0.294. The summed E-state index contributed by atoms with van der Waals surface area (Å²) in [7, 11) is 0. The Morgan fingerprint density at radius 3 is 2.50 bits per heavy atom. The molecule has 2 atom stereocenters. The monoisotopic (exact) mass is 299 g/mol. The lowest BCUT2D eigenvalue weighted by atomic mass is 10.0. The number of hydrogen-bond acceptors (Lipinski definition) is 3. The summed E-state index contributed by atoms with van der Waals surface area (Å²) in [6.45, 7) is 4.20. The number of rotatable bonds is 5. The quantitative estimate of drug-likeness (QED) is 0.891. The number of anilines is 1. The fourth-order valence-corrected chi connectivity index (χ4v) is 2.33. The number of carbonyl (C=O) groups is 1. The Bertz CT molecular complexity index is 589. The van der Waals surface area contributed by atoms with Crippen molar-refractivity contribution < 1.29 is 9.90 Å². The van der Waals surface area contributed by atoms with Crippen molar-refractivity contribution in [1.29, 1.82) is 0 Å². The number of carbonyl (C=O) groups excluding carboxylic acids is 1. The normalized spacial score (nSPS) is 13.2. The number of aromatic nitrogens is 1. The average Bonchev–Trinajstić information content (AvgIpc) is 2.56. The molecule has 0 fully saturated rings. The third-order valence-electron chi connectivity index (χ3n) is 3.59. The predicted molar refractivity (Wildman–Crippen MR) is 86.5 cm³/mol. The van der Waals surface area contributed by atoms with E-state index in [2.05, 4.69) is 10.3 Å². The van der Waals surface area contributed by atoms with Crippen molar-refractivity contribution in [3.05, 3.63) is 60.3 Å². The van der Waals surface area contributed by atoms with Crippen LogP contribution in [0.4, 0.5) is 10.6 Å². The molecule has 2 amide bonds. The average molecular weight is 299 g/mol. The molecule has 2 rings (SSSR count). The highest BCUT2D eigenvalue weighted by Gasteiger charge is 2.26. The molecule has 5 heteroatoms. The minimum atomic E-state index is -0.740. The SMILES string of the molecule is CCN(C(=O)Nc1ccccn1)[C@@H](C)[C@H](O)c1ccccc1. The molecular weight excluding hydrogens is 278 g/mol. The van der Waals surface area contributed by atoms with E-state index in [0.717, 1.165) is 5.56 Å². The maximum Gasteiger partial charge on any atom is 0.323 e. The molecule has 0 unspecified atom stereocenters. The Morgan fingerprint density at radius 2 is 1.91 bits per heavy atom. The summed E-state index contributed by atoms with van der Waals surface area (Å²) in [4.78, 5) is 18.1. The number of urea groups is 1. The third-order valence-corrected chi connectivity index (χ3v) is 3.59. The Morgan fingerprint density at radius 1 is 1.23 bits per heavy atom. The summed E-state index contributed by atoms with van der Waals surface area (Å²) >= 11 is 0. The summed E-state index contributed by atoms with van der Waals surface area (Å²) in [5.41, 5.74) is 0.791. The van der Waals surface area contributed by atoms with Crippen molar-refractivity contribution >= 4 is 11.8 Å². The zero-order chi connectivity index (χ0) is 15.9. The van der Waals surface area contributed by atoms with Gasteiger partial charge in [0.2, 0.25) is 0 Å². The molecule has 0 saturated heterocycles. The first kappa shape index (κ1) is 16.0. The van der Waals surface area contributed by atoms with Crippen molar-refractivity contribution in [1.82, 2.24) is 9.88 Å². The molecule has 2 N–H and O–H groups in total. The van der Waals surface area contributed by atoms with E-state index in [0.29, 0.717) is 12.4 Å². The molecular formula is C17H21N3O2. The number of pyridine rings is 1. The van der Waals surface area contributed by atoms with Crippen LogP contribution in [-0.4, -0.2) is 33.6 Å². The summed E-state index contributed by atoms with van der Waals surface area (Å²) in [5.74, 6) is 0.493. The maximum absolute atomic E-state index is 12.4. The van der Waals surface area contributed by atoms with Crippen LogP contribution in [0.3, 0.4) is 0 Å². The van der Waals surface area contributed by atoms with Crippen molar-refractivity contribution in [2.75, 3.05) is 11.9 Å². The highest BCUT2D eigenvalue weighted by Crippen LogP contribution is 2.21. The molecule has 0 aliphatic heterocycles. The van der Waals surface area contributed by atoms with Gasteiger partial charge in [-0.15, -0.1) is 0 Å². The molecule has 0 spiro atoms. The number of benzene rings is 1. The van der Waals surface area contributed by atoms with E-state index in [1.807, 2.05) is 44.2 Å². The van der Waals surface area contributed by atoms with Gasteiger partial charge in [0.1, 0.15) is 5.82 Å². The number of nitrogens with one attached hydrogen (secondary N) is 1. The number of aliphatic hydroxyl groups is 1. The van der Waals surface area contributed by atoms with Gasteiger partial charge in [0.25, 0.3) is 0 Å². The summed E-state index contributed by atoms with van der Waals surface area (Å²) in [6.07, 6.45) is 0.879. The van der Waals surface area contributed by atoms with Crippen LogP contribution >= 0.6 is 0 Å². The zero-order valence-corrected chi connectivity index (χ0v) is 12.8. The molecule has 0 aliphatic rings. The lowest BCUT2D eigenvalue weighted by Crippen LogP contribution is -2.44. The fourth-order valence-electron chi connectivity index (χ4n) is 2.33. The number of likely N-dealkylation sites (N-methyl/N-ethyl adjacent to an activating group) is 1. The first-order chi connectivity index (χ1) is 10.6. The maximum atomic E-state index is 12.4. The molecule has 1 heterocycles. The third kappa shape index (κ3) is 3.83. The second kappa shape index (κ2) is 7.56. The largest absolute Gasteiger partial charge is 0.386 e. The molecule has 0 bridgehead atoms. The van der Waals surface area contributed by atoms with Crippen LogP contribution in [0.1, 0.15) is 25.5 Å². The summed E-state index contributed by atoms with van der Waals surface area (Å²) < 4.78 is 0. The summed E-state index contributed by atoms with van der Waals surface area (Å²) in [5, 5.41) is 13.2. The van der Waals surface area contributed by atoms with E-state index in [4.69, 9.17) is 0 Å². The minimum Gasteiger partial charge on any atom is -0.386 e. The van der Waals surface area contributed by atoms with E-state index in [1.54, 1.807) is 29.3 Å². The molecule has 5 nitrogen and oxygen atoms in total. The molecule has 0 saturated carbocycles. The van der Waals surface area contributed by atoms with Crippen molar-refractivity contribution in [2.45, 2.75) is 26.0 Å². The van der Waals surface area contributed by atoms with Crippen LogP contribution in [-0.2, 0) is 0 Å². The number of hydrogen-bond donors (Lipinski definition) is 2.